The Bertz CT molecular complexity index is 1250. The number of amides is 2. The molecule has 0 unspecified atom stereocenters. The Labute approximate surface area is 232 Å². The standard InChI is InChI=1S/C31H41N5O3/c1-23(2)33-17-10-18-35(29(37)22-39-27-13-7-6-8-14-27)30-25(5)11-9-12-26(30)21-34(20-19-33)31(38)28-15-16-32-36(28)24(3)4/h6-9,11-16,23-24H,10,17-22H2,1-5H3. The van der Waals surface area contributed by atoms with Crippen LogP contribution in [0.3, 0.4) is 0 Å². The third-order valence-electron chi connectivity index (χ3n) is 7.24. The second kappa shape index (κ2) is 12.9. The van der Waals surface area contributed by atoms with Crippen molar-refractivity contribution in [2.75, 3.05) is 37.7 Å². The summed E-state index contributed by atoms with van der Waals surface area (Å²) >= 11 is 0. The zero-order valence-electron chi connectivity index (χ0n) is 23.8. The molecule has 3 aromatic rings. The van der Waals surface area contributed by atoms with E-state index in [9.17, 15) is 9.59 Å². The Morgan fingerprint density at radius 2 is 1.67 bits per heavy atom. The number of fused-ring (bicyclic) bond motifs is 1. The molecule has 0 saturated heterocycles. The van der Waals surface area contributed by atoms with Crippen LogP contribution in [0, 0.1) is 6.92 Å². The average Bonchev–Trinajstić information content (AvgIpc) is 3.40. The zero-order chi connectivity index (χ0) is 27.9. The van der Waals surface area contributed by atoms with Gasteiger partial charge in [0.2, 0.25) is 0 Å². The van der Waals surface area contributed by atoms with Crippen LogP contribution in [0.4, 0.5) is 5.69 Å². The van der Waals surface area contributed by atoms with Crippen molar-refractivity contribution in [1.82, 2.24) is 19.6 Å². The molecule has 2 aromatic carbocycles. The lowest BCUT2D eigenvalue weighted by Gasteiger charge is -2.30. The minimum absolute atomic E-state index is 0.0537. The number of nitrogens with zero attached hydrogens (tertiary/aromatic N) is 5. The molecule has 1 aliphatic rings. The first-order chi connectivity index (χ1) is 18.8. The molecule has 0 fully saturated rings. The number of hydrogen-bond donors (Lipinski definition) is 0. The number of hydrogen-bond acceptors (Lipinski definition) is 5. The van der Waals surface area contributed by atoms with Gasteiger partial charge in [0.05, 0.1) is 5.69 Å². The number of carbonyl (C=O) groups excluding carboxylic acids is 2. The monoisotopic (exact) mass is 531 g/mol. The van der Waals surface area contributed by atoms with E-state index >= 15 is 0 Å². The molecule has 2 heterocycles. The molecule has 0 bridgehead atoms. The summed E-state index contributed by atoms with van der Waals surface area (Å²) in [6.07, 6.45) is 2.50. The van der Waals surface area contributed by atoms with Crippen LogP contribution in [0.5, 0.6) is 5.75 Å². The summed E-state index contributed by atoms with van der Waals surface area (Å²) in [7, 11) is 0. The van der Waals surface area contributed by atoms with Gasteiger partial charge in [-0.05, 0) is 70.4 Å². The number of aryl methyl sites for hydroxylation is 1. The molecule has 1 aromatic heterocycles. The maximum absolute atomic E-state index is 13.9. The van der Waals surface area contributed by atoms with Crippen LogP contribution < -0.4 is 9.64 Å². The molecule has 39 heavy (non-hydrogen) atoms. The number of ether oxygens (including phenoxy) is 1. The predicted octanol–water partition coefficient (Wildman–Crippen LogP) is 4.94. The molecule has 8 nitrogen and oxygen atoms in total. The van der Waals surface area contributed by atoms with Gasteiger partial charge in [-0.1, -0.05) is 36.4 Å². The third-order valence-corrected chi connectivity index (χ3v) is 7.24. The van der Waals surface area contributed by atoms with E-state index in [0.717, 1.165) is 36.3 Å². The number of aromatic nitrogens is 2. The molecule has 0 atom stereocenters. The SMILES string of the molecule is Cc1cccc2c1N(C(=O)COc1ccccc1)CCCN(C(C)C)CCN(C(=O)c1ccnn1C(C)C)C2. The molecule has 4 rings (SSSR count). The Hall–Kier alpha value is -3.65. The Kier molecular flexibility index (Phi) is 9.41. The lowest BCUT2D eigenvalue weighted by Crippen LogP contribution is -2.42. The van der Waals surface area contributed by atoms with E-state index in [2.05, 4.69) is 23.8 Å². The van der Waals surface area contributed by atoms with Crippen LogP contribution in [-0.2, 0) is 11.3 Å². The quantitative estimate of drug-likeness (QED) is 0.451. The van der Waals surface area contributed by atoms with Crippen molar-refractivity contribution in [1.29, 1.82) is 0 Å². The Morgan fingerprint density at radius 1 is 0.897 bits per heavy atom. The smallest absolute Gasteiger partial charge is 0.272 e. The van der Waals surface area contributed by atoms with Crippen molar-refractivity contribution in [2.24, 2.45) is 0 Å². The number of anilines is 1. The van der Waals surface area contributed by atoms with Crippen LogP contribution in [-0.4, -0.2) is 70.2 Å². The van der Waals surface area contributed by atoms with E-state index in [1.165, 1.54) is 0 Å². The van der Waals surface area contributed by atoms with E-state index in [1.54, 1.807) is 16.9 Å². The Morgan fingerprint density at radius 3 is 2.38 bits per heavy atom. The highest BCUT2D eigenvalue weighted by atomic mass is 16.5. The predicted molar refractivity (Wildman–Crippen MR) is 154 cm³/mol. The second-order valence-electron chi connectivity index (χ2n) is 10.7. The lowest BCUT2D eigenvalue weighted by molar-refractivity contribution is -0.120. The molecule has 2 amide bonds. The molecular formula is C31H41N5O3. The normalized spacial score (nSPS) is 15.3. The molecular weight excluding hydrogens is 490 g/mol. The van der Waals surface area contributed by atoms with Crippen molar-refractivity contribution in [2.45, 2.75) is 59.7 Å². The highest BCUT2D eigenvalue weighted by Crippen LogP contribution is 2.29. The van der Waals surface area contributed by atoms with Crippen LogP contribution in [0.15, 0.2) is 60.8 Å². The largest absolute Gasteiger partial charge is 0.484 e. The van der Waals surface area contributed by atoms with Gasteiger partial charge in [0.1, 0.15) is 11.4 Å². The maximum atomic E-state index is 13.9. The maximum Gasteiger partial charge on any atom is 0.272 e. The van der Waals surface area contributed by atoms with E-state index in [-0.39, 0.29) is 24.5 Å². The molecule has 8 heteroatoms. The first-order valence-corrected chi connectivity index (χ1v) is 13.9. The van der Waals surface area contributed by atoms with Gasteiger partial charge >= 0.3 is 0 Å². The molecule has 208 valence electrons. The molecule has 0 spiro atoms. The van der Waals surface area contributed by atoms with E-state index < -0.39 is 0 Å². The molecule has 0 radical (unpaired) electrons. The van der Waals surface area contributed by atoms with Crippen molar-refractivity contribution in [3.63, 3.8) is 0 Å². The van der Waals surface area contributed by atoms with Crippen molar-refractivity contribution in [3.8, 4) is 5.75 Å². The first-order valence-electron chi connectivity index (χ1n) is 13.9. The van der Waals surface area contributed by atoms with Gasteiger partial charge in [-0.2, -0.15) is 5.10 Å². The van der Waals surface area contributed by atoms with Gasteiger partial charge in [0.25, 0.3) is 11.8 Å². The van der Waals surface area contributed by atoms with Crippen LogP contribution in [0.1, 0.15) is 61.8 Å². The van der Waals surface area contributed by atoms with Crippen LogP contribution in [0.2, 0.25) is 0 Å². The van der Waals surface area contributed by atoms with Crippen molar-refractivity contribution in [3.05, 3.63) is 77.6 Å². The molecule has 0 aliphatic carbocycles. The zero-order valence-corrected chi connectivity index (χ0v) is 23.8. The van der Waals surface area contributed by atoms with Crippen LogP contribution >= 0.6 is 0 Å². The summed E-state index contributed by atoms with van der Waals surface area (Å²) in [5.41, 5.74) is 3.40. The Balaban J connectivity index is 1.69. The second-order valence-corrected chi connectivity index (χ2v) is 10.7. The number of benzene rings is 2. The molecule has 0 N–H and O–H groups in total. The minimum Gasteiger partial charge on any atom is -0.484 e. The summed E-state index contributed by atoms with van der Waals surface area (Å²) in [4.78, 5) is 33.7. The van der Waals surface area contributed by atoms with Gasteiger partial charge < -0.3 is 14.5 Å². The van der Waals surface area contributed by atoms with E-state index in [1.807, 2.05) is 79.1 Å². The van der Waals surface area contributed by atoms with E-state index in [4.69, 9.17) is 4.74 Å². The van der Waals surface area contributed by atoms with Crippen molar-refractivity contribution < 1.29 is 14.3 Å². The van der Waals surface area contributed by atoms with Crippen molar-refractivity contribution >= 4 is 17.5 Å². The lowest BCUT2D eigenvalue weighted by atomic mass is 10.0. The summed E-state index contributed by atoms with van der Waals surface area (Å²) in [5, 5.41) is 4.40. The van der Waals surface area contributed by atoms with Crippen LogP contribution in [0.25, 0.3) is 0 Å². The molecule has 1 aliphatic heterocycles. The number of para-hydroxylation sites is 2. The minimum atomic E-state index is -0.0968. The summed E-state index contributed by atoms with van der Waals surface area (Å²) in [5.74, 6) is 0.514. The fourth-order valence-corrected chi connectivity index (χ4v) is 5.16. The van der Waals surface area contributed by atoms with Gasteiger partial charge in [0, 0.05) is 51.0 Å². The highest BCUT2D eigenvalue weighted by molar-refractivity contribution is 5.96. The fraction of sp³-hybridized carbons (Fsp3) is 0.452. The van der Waals surface area contributed by atoms with E-state index in [0.29, 0.717) is 37.1 Å². The third kappa shape index (κ3) is 6.87. The van der Waals surface area contributed by atoms with Gasteiger partial charge in [-0.3, -0.25) is 19.2 Å². The number of carbonyl (C=O) groups is 2. The summed E-state index contributed by atoms with van der Waals surface area (Å²) < 4.78 is 7.64. The summed E-state index contributed by atoms with van der Waals surface area (Å²) in [6, 6.07) is 17.6. The van der Waals surface area contributed by atoms with Gasteiger partial charge in [-0.15, -0.1) is 0 Å². The topological polar surface area (TPSA) is 70.9 Å². The molecule has 0 saturated carbocycles. The summed E-state index contributed by atoms with van der Waals surface area (Å²) in [6.45, 7) is 13.5. The number of rotatable bonds is 6. The first kappa shape index (κ1) is 28.4. The van der Waals surface area contributed by atoms with Gasteiger partial charge in [-0.25, -0.2) is 0 Å². The van der Waals surface area contributed by atoms with Gasteiger partial charge in [0.15, 0.2) is 6.61 Å². The average molecular weight is 532 g/mol. The highest BCUT2D eigenvalue weighted by Gasteiger charge is 2.27. The fourth-order valence-electron chi connectivity index (χ4n) is 5.16.